The molecule has 0 aliphatic heterocycles. The minimum absolute atomic E-state index is 0.126. The molecule has 17 heavy (non-hydrogen) atoms. The second-order valence-corrected chi connectivity index (χ2v) is 3.57. The van der Waals surface area contributed by atoms with Crippen molar-refractivity contribution in [1.82, 2.24) is 4.98 Å². The zero-order chi connectivity index (χ0) is 12.3. The van der Waals surface area contributed by atoms with E-state index in [1.807, 2.05) is 6.92 Å². The fraction of sp³-hybridized carbons (Fsp3) is 0.0769. The van der Waals surface area contributed by atoms with Crippen molar-refractivity contribution < 1.29 is 14.6 Å². The van der Waals surface area contributed by atoms with Gasteiger partial charge in [-0.3, -0.25) is 0 Å². The van der Waals surface area contributed by atoms with Gasteiger partial charge in [0.2, 0.25) is 5.88 Å². The van der Waals surface area contributed by atoms with Crippen molar-refractivity contribution >= 4 is 5.97 Å². The SMILES string of the molecule is Cc1ccc(C(=O)O)c(Oc2ccccn2)c1. The van der Waals surface area contributed by atoms with Gasteiger partial charge in [-0.2, -0.15) is 0 Å². The van der Waals surface area contributed by atoms with E-state index in [0.717, 1.165) is 5.56 Å². The number of hydrogen-bond acceptors (Lipinski definition) is 3. The number of hydrogen-bond donors (Lipinski definition) is 1. The Morgan fingerprint density at radius 1 is 1.29 bits per heavy atom. The van der Waals surface area contributed by atoms with Crippen LogP contribution in [0.5, 0.6) is 11.6 Å². The Hall–Kier alpha value is -2.36. The van der Waals surface area contributed by atoms with Crippen molar-refractivity contribution in [3.8, 4) is 11.6 Å². The van der Waals surface area contributed by atoms with Crippen LogP contribution in [0.2, 0.25) is 0 Å². The van der Waals surface area contributed by atoms with Crippen molar-refractivity contribution in [2.75, 3.05) is 0 Å². The minimum atomic E-state index is -1.02. The van der Waals surface area contributed by atoms with Crippen molar-refractivity contribution in [3.63, 3.8) is 0 Å². The van der Waals surface area contributed by atoms with Crippen molar-refractivity contribution in [2.24, 2.45) is 0 Å². The maximum absolute atomic E-state index is 11.0. The molecule has 1 heterocycles. The molecule has 0 aliphatic rings. The highest BCUT2D eigenvalue weighted by Gasteiger charge is 2.12. The number of benzene rings is 1. The Labute approximate surface area is 98.5 Å². The van der Waals surface area contributed by atoms with Crippen LogP contribution in [0.25, 0.3) is 0 Å². The number of carboxylic acids is 1. The molecule has 0 atom stereocenters. The number of carbonyl (C=O) groups is 1. The summed E-state index contributed by atoms with van der Waals surface area (Å²) in [6, 6.07) is 10.1. The first kappa shape index (κ1) is 11.1. The molecule has 0 unspecified atom stereocenters. The van der Waals surface area contributed by atoms with Gasteiger partial charge in [0.25, 0.3) is 0 Å². The number of aromatic nitrogens is 1. The first-order valence-electron chi connectivity index (χ1n) is 5.09. The molecule has 0 spiro atoms. The Kier molecular flexibility index (Phi) is 3.05. The Balaban J connectivity index is 2.37. The van der Waals surface area contributed by atoms with E-state index >= 15 is 0 Å². The summed E-state index contributed by atoms with van der Waals surface area (Å²) in [6.45, 7) is 1.87. The lowest BCUT2D eigenvalue weighted by atomic mass is 10.1. The number of pyridine rings is 1. The molecule has 0 aliphatic carbocycles. The zero-order valence-corrected chi connectivity index (χ0v) is 9.25. The van der Waals surface area contributed by atoms with Gasteiger partial charge >= 0.3 is 5.97 Å². The smallest absolute Gasteiger partial charge is 0.339 e. The lowest BCUT2D eigenvalue weighted by Gasteiger charge is -2.08. The highest BCUT2D eigenvalue weighted by Crippen LogP contribution is 2.25. The first-order chi connectivity index (χ1) is 8.16. The highest BCUT2D eigenvalue weighted by molar-refractivity contribution is 5.91. The van der Waals surface area contributed by atoms with Gasteiger partial charge in [0.05, 0.1) is 0 Å². The molecule has 4 heteroatoms. The van der Waals surface area contributed by atoms with Crippen molar-refractivity contribution in [1.29, 1.82) is 0 Å². The fourth-order valence-corrected chi connectivity index (χ4v) is 1.41. The molecule has 2 rings (SSSR count). The topological polar surface area (TPSA) is 59.4 Å². The second-order valence-electron chi connectivity index (χ2n) is 3.57. The van der Waals surface area contributed by atoms with E-state index in [4.69, 9.17) is 9.84 Å². The maximum atomic E-state index is 11.0. The Morgan fingerprint density at radius 2 is 2.12 bits per heavy atom. The van der Waals surface area contributed by atoms with E-state index in [2.05, 4.69) is 4.98 Å². The third-order valence-electron chi connectivity index (χ3n) is 2.22. The minimum Gasteiger partial charge on any atom is -0.478 e. The molecule has 0 bridgehead atoms. The molecule has 1 N–H and O–H groups in total. The third kappa shape index (κ3) is 2.60. The summed E-state index contributed by atoms with van der Waals surface area (Å²) in [5.41, 5.74) is 1.06. The van der Waals surface area contributed by atoms with E-state index in [0.29, 0.717) is 11.6 Å². The van der Waals surface area contributed by atoms with E-state index in [-0.39, 0.29) is 5.56 Å². The largest absolute Gasteiger partial charge is 0.478 e. The zero-order valence-electron chi connectivity index (χ0n) is 9.25. The average molecular weight is 229 g/mol. The van der Waals surface area contributed by atoms with Gasteiger partial charge in [-0.25, -0.2) is 9.78 Å². The van der Waals surface area contributed by atoms with Crippen LogP contribution in [0.1, 0.15) is 15.9 Å². The molecular weight excluding hydrogens is 218 g/mol. The second kappa shape index (κ2) is 4.65. The summed E-state index contributed by atoms with van der Waals surface area (Å²) in [5.74, 6) is -0.340. The van der Waals surface area contributed by atoms with Gasteiger partial charge in [-0.15, -0.1) is 0 Å². The van der Waals surface area contributed by atoms with Crippen LogP contribution >= 0.6 is 0 Å². The van der Waals surface area contributed by atoms with Crippen molar-refractivity contribution in [2.45, 2.75) is 6.92 Å². The molecule has 1 aromatic heterocycles. The van der Waals surface area contributed by atoms with Crippen LogP contribution in [0, 0.1) is 6.92 Å². The fourth-order valence-electron chi connectivity index (χ4n) is 1.41. The number of aryl methyl sites for hydroxylation is 1. The Morgan fingerprint density at radius 3 is 2.76 bits per heavy atom. The number of carboxylic acid groups (broad SMARTS) is 1. The number of ether oxygens (including phenoxy) is 1. The summed E-state index contributed by atoms with van der Waals surface area (Å²) in [7, 11) is 0. The monoisotopic (exact) mass is 229 g/mol. The Bertz CT molecular complexity index is 538. The standard InChI is InChI=1S/C13H11NO3/c1-9-5-6-10(13(15)16)11(8-9)17-12-4-2-3-7-14-12/h2-8H,1H3,(H,15,16). The quantitative estimate of drug-likeness (QED) is 0.879. The maximum Gasteiger partial charge on any atom is 0.339 e. The summed E-state index contributed by atoms with van der Waals surface area (Å²) in [5, 5.41) is 9.03. The van der Waals surface area contributed by atoms with Crippen molar-refractivity contribution in [3.05, 3.63) is 53.7 Å². The number of nitrogens with zero attached hydrogens (tertiary/aromatic N) is 1. The molecular formula is C13H11NO3. The van der Waals surface area contributed by atoms with Crippen LogP contribution in [0.15, 0.2) is 42.6 Å². The van der Waals surface area contributed by atoms with Gasteiger partial charge in [-0.05, 0) is 30.7 Å². The van der Waals surface area contributed by atoms with Gasteiger partial charge in [0, 0.05) is 12.3 Å². The van der Waals surface area contributed by atoms with Crippen LogP contribution < -0.4 is 4.74 Å². The summed E-state index contributed by atoms with van der Waals surface area (Å²) in [6.07, 6.45) is 1.59. The van der Waals surface area contributed by atoms with Gasteiger partial charge in [-0.1, -0.05) is 12.1 Å². The van der Waals surface area contributed by atoms with E-state index < -0.39 is 5.97 Å². The predicted molar refractivity (Wildman–Crippen MR) is 62.4 cm³/mol. The van der Waals surface area contributed by atoms with E-state index in [9.17, 15) is 4.79 Å². The van der Waals surface area contributed by atoms with E-state index in [1.54, 1.807) is 36.5 Å². The van der Waals surface area contributed by atoms with Gasteiger partial charge in [0.15, 0.2) is 0 Å². The van der Waals surface area contributed by atoms with E-state index in [1.165, 1.54) is 6.07 Å². The molecule has 86 valence electrons. The molecule has 2 aromatic rings. The van der Waals surface area contributed by atoms with Crippen LogP contribution in [0.4, 0.5) is 0 Å². The molecule has 0 amide bonds. The lowest BCUT2D eigenvalue weighted by molar-refractivity contribution is 0.0694. The lowest BCUT2D eigenvalue weighted by Crippen LogP contribution is -2.00. The van der Waals surface area contributed by atoms with Crippen LogP contribution in [-0.4, -0.2) is 16.1 Å². The first-order valence-corrected chi connectivity index (χ1v) is 5.09. The normalized spacial score (nSPS) is 9.94. The summed E-state index contributed by atoms with van der Waals surface area (Å²) < 4.78 is 5.46. The summed E-state index contributed by atoms with van der Waals surface area (Å²) >= 11 is 0. The molecule has 4 nitrogen and oxygen atoms in total. The highest BCUT2D eigenvalue weighted by atomic mass is 16.5. The van der Waals surface area contributed by atoms with Crippen LogP contribution in [0.3, 0.4) is 0 Å². The van der Waals surface area contributed by atoms with Crippen LogP contribution in [-0.2, 0) is 0 Å². The molecule has 1 aromatic carbocycles. The van der Waals surface area contributed by atoms with Gasteiger partial charge in [0.1, 0.15) is 11.3 Å². The number of rotatable bonds is 3. The predicted octanol–water partition coefficient (Wildman–Crippen LogP) is 2.88. The molecule has 0 saturated heterocycles. The molecule has 0 saturated carbocycles. The average Bonchev–Trinajstić information content (AvgIpc) is 2.30. The van der Waals surface area contributed by atoms with Gasteiger partial charge < -0.3 is 9.84 Å². The third-order valence-corrected chi connectivity index (χ3v) is 2.22. The number of aromatic carboxylic acids is 1. The molecule has 0 radical (unpaired) electrons. The molecule has 0 fully saturated rings. The summed E-state index contributed by atoms with van der Waals surface area (Å²) in [4.78, 5) is 15.0.